The molecule has 0 amide bonds. The maximum Gasteiger partial charge on any atom is 0.180 e. The van der Waals surface area contributed by atoms with E-state index in [-0.39, 0.29) is 12.6 Å². The average molecular weight is 592 g/mol. The Kier molecular flexibility index (Phi) is 8.13. The number of thiazole rings is 1. The number of piperazine rings is 1. The highest BCUT2D eigenvalue weighted by atomic mass is 32.1. The number of nitrogens with zero attached hydrogens (tertiary/aromatic N) is 3. The van der Waals surface area contributed by atoms with Crippen LogP contribution in [0.15, 0.2) is 91.0 Å². The molecule has 5 aromatic rings. The standard InChI is InChI=1S/C36H37N3O3S/c1-41-32-18-17-31-35(43-36(37-31)27-11-3-2-4-12-27)34(32)42-24-28(40)23-38-19-21-39(22-20-38)33-29-13-7-5-9-25(29)15-16-26-10-6-8-14-30(26)33/h2-14,17-18,28,33,40H,15-16,19-24H2,1H3. The van der Waals surface area contributed by atoms with Gasteiger partial charge in [-0.25, -0.2) is 4.98 Å². The lowest BCUT2D eigenvalue weighted by molar-refractivity contribution is 0.0399. The summed E-state index contributed by atoms with van der Waals surface area (Å²) in [6.07, 6.45) is 1.56. The van der Waals surface area contributed by atoms with Gasteiger partial charge in [0.2, 0.25) is 0 Å². The fourth-order valence-electron chi connectivity index (χ4n) is 6.57. The maximum absolute atomic E-state index is 11.1. The molecular weight excluding hydrogens is 554 g/mol. The van der Waals surface area contributed by atoms with Crippen LogP contribution in [0.1, 0.15) is 28.3 Å². The Hall–Kier alpha value is -3.75. The lowest BCUT2D eigenvalue weighted by Crippen LogP contribution is -2.50. The quantitative estimate of drug-likeness (QED) is 0.231. The molecule has 1 atom stereocenters. The topological polar surface area (TPSA) is 58.1 Å². The molecule has 7 rings (SSSR count). The van der Waals surface area contributed by atoms with Crippen molar-refractivity contribution in [3.63, 3.8) is 0 Å². The number of methoxy groups -OCH3 is 1. The van der Waals surface area contributed by atoms with Crippen molar-refractivity contribution in [3.8, 4) is 22.1 Å². The maximum atomic E-state index is 11.1. The van der Waals surface area contributed by atoms with E-state index >= 15 is 0 Å². The summed E-state index contributed by atoms with van der Waals surface area (Å²) in [6, 6.07) is 32.2. The first kappa shape index (κ1) is 28.0. The van der Waals surface area contributed by atoms with Crippen LogP contribution in [0.25, 0.3) is 20.8 Å². The van der Waals surface area contributed by atoms with Crippen LogP contribution < -0.4 is 9.47 Å². The van der Waals surface area contributed by atoms with Crippen LogP contribution >= 0.6 is 11.3 Å². The molecule has 0 spiro atoms. The van der Waals surface area contributed by atoms with Gasteiger partial charge in [0, 0.05) is 38.3 Å². The summed E-state index contributed by atoms with van der Waals surface area (Å²) in [4.78, 5) is 9.81. The van der Waals surface area contributed by atoms with Crippen LogP contribution in [-0.4, -0.2) is 72.4 Å². The fraction of sp³-hybridized carbons (Fsp3) is 0.306. The highest BCUT2D eigenvalue weighted by Gasteiger charge is 2.31. The van der Waals surface area contributed by atoms with Crippen LogP contribution in [0, 0.1) is 0 Å². The van der Waals surface area contributed by atoms with Gasteiger partial charge in [0.15, 0.2) is 11.5 Å². The smallest absolute Gasteiger partial charge is 0.180 e. The van der Waals surface area contributed by atoms with Gasteiger partial charge in [-0.2, -0.15) is 0 Å². The lowest BCUT2D eigenvalue weighted by atomic mass is 9.92. The van der Waals surface area contributed by atoms with Crippen LogP contribution in [0.3, 0.4) is 0 Å². The van der Waals surface area contributed by atoms with E-state index < -0.39 is 6.10 Å². The number of fused-ring (bicyclic) bond motifs is 3. The van der Waals surface area contributed by atoms with Gasteiger partial charge in [0.1, 0.15) is 22.4 Å². The Labute approximate surface area is 257 Å². The third-order valence-electron chi connectivity index (χ3n) is 8.74. The minimum absolute atomic E-state index is 0.192. The van der Waals surface area contributed by atoms with Crippen molar-refractivity contribution in [1.29, 1.82) is 0 Å². The number of aliphatic hydroxyl groups is 1. The normalized spacial score (nSPS) is 16.8. The van der Waals surface area contributed by atoms with Crippen LogP contribution in [0.4, 0.5) is 0 Å². The van der Waals surface area contributed by atoms with Gasteiger partial charge < -0.3 is 14.6 Å². The zero-order valence-corrected chi connectivity index (χ0v) is 25.3. The van der Waals surface area contributed by atoms with E-state index in [1.54, 1.807) is 18.4 Å². The summed E-state index contributed by atoms with van der Waals surface area (Å²) in [5.74, 6) is 1.30. The Morgan fingerprint density at radius 3 is 2.16 bits per heavy atom. The van der Waals surface area contributed by atoms with Crippen molar-refractivity contribution >= 4 is 21.6 Å². The summed E-state index contributed by atoms with van der Waals surface area (Å²) in [5, 5.41) is 12.0. The number of benzene rings is 4. The molecule has 43 heavy (non-hydrogen) atoms. The predicted octanol–water partition coefficient (Wildman–Crippen LogP) is 6.22. The molecule has 0 saturated carbocycles. The predicted molar refractivity (Wildman–Crippen MR) is 173 cm³/mol. The minimum Gasteiger partial charge on any atom is -0.493 e. The summed E-state index contributed by atoms with van der Waals surface area (Å²) in [6.45, 7) is 4.49. The van der Waals surface area contributed by atoms with Crippen molar-refractivity contribution in [3.05, 3.63) is 113 Å². The molecule has 1 N–H and O–H groups in total. The number of hydrogen-bond acceptors (Lipinski definition) is 7. The number of aromatic nitrogens is 1. The molecule has 1 unspecified atom stereocenters. The largest absolute Gasteiger partial charge is 0.493 e. The Balaban J connectivity index is 1.01. The van der Waals surface area contributed by atoms with E-state index in [9.17, 15) is 5.11 Å². The monoisotopic (exact) mass is 591 g/mol. The van der Waals surface area contributed by atoms with E-state index in [1.807, 2.05) is 30.3 Å². The Morgan fingerprint density at radius 2 is 1.49 bits per heavy atom. The summed E-state index contributed by atoms with van der Waals surface area (Å²) in [5.41, 5.74) is 7.74. The van der Waals surface area contributed by atoms with Crippen LogP contribution in [-0.2, 0) is 12.8 Å². The summed E-state index contributed by atoms with van der Waals surface area (Å²) < 4.78 is 12.8. The van der Waals surface area contributed by atoms with Gasteiger partial charge in [-0.15, -0.1) is 11.3 Å². The fourth-order valence-corrected chi connectivity index (χ4v) is 7.64. The third-order valence-corrected chi connectivity index (χ3v) is 9.86. The number of hydrogen-bond donors (Lipinski definition) is 1. The molecule has 0 bridgehead atoms. The molecule has 4 aromatic carbocycles. The third kappa shape index (κ3) is 5.78. The number of β-amino-alcohol motifs (C(OH)–C–C–N with tert-alkyl or cyclic N) is 1. The van der Waals surface area contributed by atoms with E-state index in [4.69, 9.17) is 14.5 Å². The molecule has 1 aliphatic heterocycles. The van der Waals surface area contributed by atoms with Gasteiger partial charge >= 0.3 is 0 Å². The number of ether oxygens (including phenoxy) is 2. The van der Waals surface area contributed by atoms with Crippen LogP contribution in [0.2, 0.25) is 0 Å². The van der Waals surface area contributed by atoms with Crippen molar-refractivity contribution in [1.82, 2.24) is 14.8 Å². The molecule has 220 valence electrons. The summed E-state index contributed by atoms with van der Waals surface area (Å²) in [7, 11) is 1.65. The number of aryl methyl sites for hydroxylation is 2. The molecule has 2 heterocycles. The van der Waals surface area contributed by atoms with Gasteiger partial charge in [0.05, 0.1) is 18.7 Å². The second-order valence-electron chi connectivity index (χ2n) is 11.4. The van der Waals surface area contributed by atoms with Gasteiger partial charge in [0.25, 0.3) is 0 Å². The molecule has 2 aliphatic rings. The Morgan fingerprint density at radius 1 is 0.837 bits per heavy atom. The van der Waals surface area contributed by atoms with Crippen molar-refractivity contribution in [2.75, 3.05) is 46.4 Å². The molecule has 1 saturated heterocycles. The van der Waals surface area contributed by atoms with Crippen molar-refractivity contribution in [2.24, 2.45) is 0 Å². The van der Waals surface area contributed by atoms with E-state index in [1.165, 1.54) is 22.3 Å². The molecule has 1 aliphatic carbocycles. The first-order valence-electron chi connectivity index (χ1n) is 15.1. The first-order valence-corrected chi connectivity index (χ1v) is 16.0. The summed E-state index contributed by atoms with van der Waals surface area (Å²) >= 11 is 1.59. The van der Waals surface area contributed by atoms with Gasteiger partial charge in [-0.1, -0.05) is 78.9 Å². The SMILES string of the molecule is COc1ccc2nc(-c3ccccc3)sc2c1OCC(O)CN1CCN(C2c3ccccc3CCc3ccccc32)CC1. The van der Waals surface area contributed by atoms with E-state index in [2.05, 4.69) is 70.5 Å². The minimum atomic E-state index is -0.618. The molecular formula is C36H37N3O3S. The zero-order chi connectivity index (χ0) is 29.2. The van der Waals surface area contributed by atoms with E-state index in [0.29, 0.717) is 18.0 Å². The highest BCUT2D eigenvalue weighted by molar-refractivity contribution is 7.22. The Bertz CT molecular complexity index is 1650. The molecule has 1 fully saturated rings. The number of aliphatic hydroxyl groups excluding tert-OH is 1. The number of rotatable bonds is 8. The van der Waals surface area contributed by atoms with Crippen molar-refractivity contribution < 1.29 is 14.6 Å². The molecule has 6 nitrogen and oxygen atoms in total. The van der Waals surface area contributed by atoms with Crippen LogP contribution in [0.5, 0.6) is 11.5 Å². The lowest BCUT2D eigenvalue weighted by Gasteiger charge is -2.40. The van der Waals surface area contributed by atoms with Gasteiger partial charge in [-0.05, 0) is 47.2 Å². The molecule has 1 aromatic heterocycles. The second kappa shape index (κ2) is 12.5. The molecule has 7 heteroatoms. The zero-order valence-electron chi connectivity index (χ0n) is 24.5. The van der Waals surface area contributed by atoms with Crippen molar-refractivity contribution in [2.45, 2.75) is 25.0 Å². The molecule has 0 radical (unpaired) electrons. The highest BCUT2D eigenvalue weighted by Crippen LogP contribution is 2.42. The second-order valence-corrected chi connectivity index (χ2v) is 12.4. The first-order chi connectivity index (χ1) is 21.2. The van der Waals surface area contributed by atoms with Gasteiger partial charge in [-0.3, -0.25) is 9.80 Å². The average Bonchev–Trinajstić information content (AvgIpc) is 3.42. The van der Waals surface area contributed by atoms with E-state index in [0.717, 1.165) is 59.8 Å².